The number of nitrogens with zero attached hydrogens (tertiary/aromatic N) is 1. The zero-order valence-electron chi connectivity index (χ0n) is 20.1. The van der Waals surface area contributed by atoms with Gasteiger partial charge in [-0.1, -0.05) is 0 Å². The third-order valence-electron chi connectivity index (χ3n) is 5.75. The lowest BCUT2D eigenvalue weighted by molar-refractivity contribution is -0.134. The van der Waals surface area contributed by atoms with Crippen LogP contribution < -0.4 is 15.4 Å². The minimum absolute atomic E-state index is 0.0384. The van der Waals surface area contributed by atoms with Crippen LogP contribution in [0.2, 0.25) is 0 Å². The molecule has 9 heteroatoms. The van der Waals surface area contributed by atoms with Crippen molar-refractivity contribution in [3.8, 4) is 5.75 Å². The van der Waals surface area contributed by atoms with Crippen LogP contribution in [-0.2, 0) is 40.1 Å². The highest BCUT2D eigenvalue weighted by Crippen LogP contribution is 2.36. The maximum atomic E-state index is 12.9. The highest BCUT2D eigenvalue weighted by Gasteiger charge is 2.26. The Morgan fingerprint density at radius 3 is 2.59 bits per heavy atom. The van der Waals surface area contributed by atoms with Crippen molar-refractivity contribution in [2.45, 2.75) is 65.5 Å². The van der Waals surface area contributed by atoms with Gasteiger partial charge in [0, 0.05) is 30.6 Å². The Bertz CT molecular complexity index is 1120. The van der Waals surface area contributed by atoms with Gasteiger partial charge in [-0.25, -0.2) is 4.79 Å². The zero-order chi connectivity index (χ0) is 24.5. The van der Waals surface area contributed by atoms with Gasteiger partial charge in [0.25, 0.3) is 5.91 Å². The van der Waals surface area contributed by atoms with Crippen LogP contribution in [-0.4, -0.2) is 41.6 Å². The van der Waals surface area contributed by atoms with Gasteiger partial charge < -0.3 is 19.7 Å². The molecule has 0 saturated heterocycles. The molecule has 1 aliphatic heterocycles. The lowest BCUT2D eigenvalue weighted by atomic mass is 10.1. The highest BCUT2D eigenvalue weighted by molar-refractivity contribution is 7.16. The van der Waals surface area contributed by atoms with Crippen LogP contribution in [0.1, 0.15) is 55.7 Å². The predicted molar refractivity (Wildman–Crippen MR) is 132 cm³/mol. The molecule has 0 saturated carbocycles. The first-order chi connectivity index (χ1) is 16.1. The number of ether oxygens (including phenoxy) is 2. The van der Waals surface area contributed by atoms with E-state index in [1.54, 1.807) is 16.2 Å². The van der Waals surface area contributed by atoms with E-state index in [1.165, 1.54) is 11.8 Å². The van der Waals surface area contributed by atoms with Gasteiger partial charge in [-0.3, -0.25) is 14.9 Å². The molecule has 34 heavy (non-hydrogen) atoms. The molecule has 0 fully saturated rings. The van der Waals surface area contributed by atoms with Crippen LogP contribution in [0.15, 0.2) is 18.2 Å². The summed E-state index contributed by atoms with van der Waals surface area (Å²) in [6, 6.07) is 5.58. The van der Waals surface area contributed by atoms with Crippen molar-refractivity contribution in [1.29, 1.82) is 0 Å². The van der Waals surface area contributed by atoms with Crippen molar-refractivity contribution >= 4 is 39.9 Å². The van der Waals surface area contributed by atoms with Crippen molar-refractivity contribution in [2.24, 2.45) is 0 Å². The number of nitrogens with one attached hydrogen (secondary N) is 2. The smallest absolute Gasteiger partial charge is 0.412 e. The molecule has 0 atom stereocenters. The number of hydrogen-bond donors (Lipinski definition) is 2. The number of anilines is 2. The molecule has 0 spiro atoms. The van der Waals surface area contributed by atoms with Crippen LogP contribution in [0, 0.1) is 0 Å². The second kappa shape index (κ2) is 9.66. The van der Waals surface area contributed by atoms with E-state index in [1.807, 2.05) is 39.0 Å². The van der Waals surface area contributed by atoms with Crippen LogP contribution >= 0.6 is 11.3 Å². The summed E-state index contributed by atoms with van der Waals surface area (Å²) >= 11 is 1.57. The second-order valence-corrected chi connectivity index (χ2v) is 10.8. The van der Waals surface area contributed by atoms with E-state index in [4.69, 9.17) is 9.47 Å². The van der Waals surface area contributed by atoms with Gasteiger partial charge >= 0.3 is 6.09 Å². The minimum Gasteiger partial charge on any atom is -0.483 e. The number of amides is 3. The van der Waals surface area contributed by atoms with Crippen molar-refractivity contribution in [1.82, 2.24) is 4.90 Å². The van der Waals surface area contributed by atoms with Gasteiger partial charge in [0.05, 0.1) is 5.00 Å². The van der Waals surface area contributed by atoms with Gasteiger partial charge in [0.15, 0.2) is 6.61 Å². The fourth-order valence-corrected chi connectivity index (χ4v) is 5.46. The van der Waals surface area contributed by atoms with E-state index >= 15 is 0 Å². The summed E-state index contributed by atoms with van der Waals surface area (Å²) < 4.78 is 11.3. The molecule has 182 valence electrons. The van der Waals surface area contributed by atoms with Gasteiger partial charge in [-0.2, -0.15) is 0 Å². The van der Waals surface area contributed by atoms with Crippen molar-refractivity contribution in [3.05, 3.63) is 39.8 Å². The molecule has 3 amide bonds. The molecule has 2 aliphatic rings. The summed E-state index contributed by atoms with van der Waals surface area (Å²) in [4.78, 5) is 39.4. The fourth-order valence-electron chi connectivity index (χ4n) is 4.35. The van der Waals surface area contributed by atoms with Crippen LogP contribution in [0.4, 0.5) is 15.5 Å². The first kappa shape index (κ1) is 24.1. The first-order valence-corrected chi connectivity index (χ1v) is 12.4. The molecular formula is C25H31N3O5S. The number of rotatable bonds is 5. The molecule has 1 aliphatic carbocycles. The number of hydrogen-bond acceptors (Lipinski definition) is 6. The molecule has 0 bridgehead atoms. The topological polar surface area (TPSA) is 97.0 Å². The van der Waals surface area contributed by atoms with E-state index in [2.05, 4.69) is 10.6 Å². The molecule has 0 radical (unpaired) electrons. The third-order valence-corrected chi connectivity index (χ3v) is 6.90. The normalized spacial score (nSPS) is 14.8. The molecule has 8 nitrogen and oxygen atoms in total. The lowest BCUT2D eigenvalue weighted by Crippen LogP contribution is -2.38. The summed E-state index contributed by atoms with van der Waals surface area (Å²) in [6.45, 7) is 8.08. The van der Waals surface area contributed by atoms with Crippen molar-refractivity contribution in [2.75, 3.05) is 23.8 Å². The summed E-state index contributed by atoms with van der Waals surface area (Å²) in [5.41, 5.74) is 3.32. The van der Waals surface area contributed by atoms with E-state index in [0.717, 1.165) is 53.1 Å². The Labute approximate surface area is 203 Å². The molecule has 2 heterocycles. The van der Waals surface area contributed by atoms with E-state index in [9.17, 15) is 14.4 Å². The monoisotopic (exact) mass is 485 g/mol. The maximum Gasteiger partial charge on any atom is 0.412 e. The Kier molecular flexibility index (Phi) is 6.84. The molecule has 1 aromatic carbocycles. The minimum atomic E-state index is -0.569. The Morgan fingerprint density at radius 2 is 1.85 bits per heavy atom. The number of carbonyl (C=O) groups excluding carboxylic acids is 3. The number of carbonyl (C=O) groups is 3. The third kappa shape index (κ3) is 5.70. The van der Waals surface area contributed by atoms with Crippen molar-refractivity contribution in [3.63, 3.8) is 0 Å². The highest BCUT2D eigenvalue weighted by atomic mass is 32.1. The van der Waals surface area contributed by atoms with Crippen LogP contribution in [0.25, 0.3) is 0 Å². The Morgan fingerprint density at radius 1 is 1.09 bits per heavy atom. The van der Waals surface area contributed by atoms with Gasteiger partial charge in [-0.05, 0) is 81.3 Å². The largest absolute Gasteiger partial charge is 0.483 e. The van der Waals surface area contributed by atoms with E-state index in [0.29, 0.717) is 18.8 Å². The Balaban J connectivity index is 1.38. The fraction of sp³-hybridized carbons (Fsp3) is 0.480. The standard InChI is InChI=1S/C25H31N3O5S/c1-15(29)26-22-12-16-13-28(11-10-21(16)34-22)23(30)14-32-20-9-8-19(17-6-5-7-18(17)20)27-24(31)33-25(2,3)4/h8-9,12H,5-7,10-11,13-14H2,1-4H3,(H,26,29)(H,27,31). The average Bonchev–Trinajstić information content (AvgIpc) is 3.37. The zero-order valence-corrected chi connectivity index (χ0v) is 20.9. The van der Waals surface area contributed by atoms with E-state index in [-0.39, 0.29) is 18.4 Å². The van der Waals surface area contributed by atoms with Crippen molar-refractivity contribution < 1.29 is 23.9 Å². The maximum absolute atomic E-state index is 12.9. The molecule has 1 aromatic heterocycles. The molecule has 4 rings (SSSR count). The molecular weight excluding hydrogens is 454 g/mol. The summed E-state index contributed by atoms with van der Waals surface area (Å²) in [7, 11) is 0. The van der Waals surface area contributed by atoms with E-state index < -0.39 is 11.7 Å². The van der Waals surface area contributed by atoms with Gasteiger partial charge in [0.2, 0.25) is 5.91 Å². The first-order valence-electron chi connectivity index (χ1n) is 11.5. The number of benzene rings is 1. The van der Waals surface area contributed by atoms with Crippen LogP contribution in [0.3, 0.4) is 0 Å². The summed E-state index contributed by atoms with van der Waals surface area (Å²) in [5.74, 6) is 0.525. The SMILES string of the molecule is CC(=O)Nc1cc2c(s1)CCN(C(=O)COc1ccc(NC(=O)OC(C)(C)C)c3c1CCC3)C2. The van der Waals surface area contributed by atoms with Gasteiger partial charge in [-0.15, -0.1) is 11.3 Å². The quantitative estimate of drug-likeness (QED) is 0.650. The molecule has 2 N–H and O–H groups in total. The number of thiophene rings is 1. The Hall–Kier alpha value is -3.07. The van der Waals surface area contributed by atoms with Crippen LogP contribution in [0.5, 0.6) is 5.75 Å². The average molecular weight is 486 g/mol. The second-order valence-electron chi connectivity index (χ2n) is 9.64. The summed E-state index contributed by atoms with van der Waals surface area (Å²) in [5, 5.41) is 6.49. The molecule has 0 unspecified atom stereocenters. The molecule has 2 aromatic rings. The van der Waals surface area contributed by atoms with Gasteiger partial charge in [0.1, 0.15) is 11.4 Å². The predicted octanol–water partition coefficient (Wildman–Crippen LogP) is 4.51. The summed E-state index contributed by atoms with van der Waals surface area (Å²) in [6.07, 6.45) is 2.94. The lowest BCUT2D eigenvalue weighted by Gasteiger charge is -2.27. The number of fused-ring (bicyclic) bond motifs is 2.